The van der Waals surface area contributed by atoms with Crippen LogP contribution in [0, 0.1) is 5.41 Å². The summed E-state index contributed by atoms with van der Waals surface area (Å²) in [5.41, 5.74) is -0.0519. The van der Waals surface area contributed by atoms with Gasteiger partial charge >= 0.3 is 0 Å². The Balaban J connectivity index is 2.79. The SMILES string of the molecule is CC(=O)c1ccc(NC(=O)C(C)(C)C(=O)NC(C)C)cc1. The van der Waals surface area contributed by atoms with Crippen molar-refractivity contribution in [3.63, 3.8) is 0 Å². The van der Waals surface area contributed by atoms with Crippen molar-refractivity contribution in [2.24, 2.45) is 5.41 Å². The molecule has 21 heavy (non-hydrogen) atoms. The van der Waals surface area contributed by atoms with E-state index >= 15 is 0 Å². The number of ketones is 1. The molecule has 0 saturated heterocycles. The van der Waals surface area contributed by atoms with Crippen LogP contribution in [0.25, 0.3) is 0 Å². The van der Waals surface area contributed by atoms with Gasteiger partial charge in [-0.2, -0.15) is 0 Å². The van der Waals surface area contributed by atoms with Crippen molar-refractivity contribution >= 4 is 23.3 Å². The highest BCUT2D eigenvalue weighted by Crippen LogP contribution is 2.19. The van der Waals surface area contributed by atoms with Gasteiger partial charge in [-0.25, -0.2) is 0 Å². The lowest BCUT2D eigenvalue weighted by Gasteiger charge is -2.24. The Hall–Kier alpha value is -2.17. The van der Waals surface area contributed by atoms with E-state index in [0.717, 1.165) is 0 Å². The van der Waals surface area contributed by atoms with Crippen molar-refractivity contribution < 1.29 is 14.4 Å². The van der Waals surface area contributed by atoms with Gasteiger partial charge in [0.2, 0.25) is 11.8 Å². The Labute approximate surface area is 125 Å². The summed E-state index contributed by atoms with van der Waals surface area (Å²) in [6, 6.07) is 6.54. The van der Waals surface area contributed by atoms with E-state index < -0.39 is 11.3 Å². The van der Waals surface area contributed by atoms with E-state index in [1.54, 1.807) is 38.1 Å². The fourth-order valence-corrected chi connectivity index (χ4v) is 1.62. The fraction of sp³-hybridized carbons (Fsp3) is 0.438. The number of rotatable bonds is 5. The summed E-state index contributed by atoms with van der Waals surface area (Å²) < 4.78 is 0. The summed E-state index contributed by atoms with van der Waals surface area (Å²) in [6.45, 7) is 8.31. The third-order valence-corrected chi connectivity index (χ3v) is 3.10. The molecule has 2 amide bonds. The van der Waals surface area contributed by atoms with Gasteiger partial charge in [0.25, 0.3) is 0 Å². The maximum Gasteiger partial charge on any atom is 0.239 e. The monoisotopic (exact) mass is 290 g/mol. The van der Waals surface area contributed by atoms with Gasteiger partial charge in [-0.05, 0) is 58.9 Å². The average Bonchev–Trinajstić information content (AvgIpc) is 2.38. The number of nitrogens with one attached hydrogen (secondary N) is 2. The van der Waals surface area contributed by atoms with Crippen LogP contribution in [0.1, 0.15) is 45.0 Å². The minimum Gasteiger partial charge on any atom is -0.353 e. The largest absolute Gasteiger partial charge is 0.353 e. The second-order valence-electron chi connectivity index (χ2n) is 5.84. The Morgan fingerprint density at radius 3 is 1.95 bits per heavy atom. The molecular weight excluding hydrogens is 268 g/mol. The minimum absolute atomic E-state index is 0.0283. The molecule has 2 N–H and O–H groups in total. The van der Waals surface area contributed by atoms with Gasteiger partial charge in [0.15, 0.2) is 5.78 Å². The van der Waals surface area contributed by atoms with Gasteiger partial charge in [-0.3, -0.25) is 14.4 Å². The molecule has 0 aliphatic heterocycles. The van der Waals surface area contributed by atoms with Crippen LogP contribution in [-0.2, 0) is 9.59 Å². The number of amides is 2. The van der Waals surface area contributed by atoms with E-state index in [2.05, 4.69) is 10.6 Å². The fourth-order valence-electron chi connectivity index (χ4n) is 1.62. The zero-order chi connectivity index (χ0) is 16.2. The Bertz CT molecular complexity index is 545. The van der Waals surface area contributed by atoms with Gasteiger partial charge in [0.1, 0.15) is 5.41 Å². The molecule has 1 aromatic rings. The zero-order valence-electron chi connectivity index (χ0n) is 13.1. The van der Waals surface area contributed by atoms with Crippen molar-refractivity contribution in [1.29, 1.82) is 0 Å². The summed E-state index contributed by atoms with van der Waals surface area (Å²) in [4.78, 5) is 35.5. The number of anilines is 1. The topological polar surface area (TPSA) is 75.3 Å². The summed E-state index contributed by atoms with van der Waals surface area (Å²) >= 11 is 0. The predicted molar refractivity (Wildman–Crippen MR) is 82.1 cm³/mol. The summed E-state index contributed by atoms with van der Waals surface area (Å²) in [5.74, 6) is -0.754. The van der Waals surface area contributed by atoms with Crippen LogP contribution in [-0.4, -0.2) is 23.6 Å². The van der Waals surface area contributed by atoms with Crippen LogP contribution >= 0.6 is 0 Å². The molecule has 0 unspecified atom stereocenters. The quantitative estimate of drug-likeness (QED) is 0.646. The van der Waals surface area contributed by atoms with Crippen LogP contribution in [0.2, 0.25) is 0 Å². The lowest BCUT2D eigenvalue weighted by Crippen LogP contribution is -2.47. The maximum atomic E-state index is 12.2. The van der Waals surface area contributed by atoms with Crippen molar-refractivity contribution in [2.75, 3.05) is 5.32 Å². The zero-order valence-corrected chi connectivity index (χ0v) is 13.1. The molecule has 0 radical (unpaired) electrons. The molecule has 114 valence electrons. The standard InChI is InChI=1S/C16H22N2O3/c1-10(2)17-14(20)16(4,5)15(21)18-13-8-6-12(7-9-13)11(3)19/h6-10H,1-5H3,(H,17,20)(H,18,21). The van der Waals surface area contributed by atoms with Gasteiger partial charge in [0, 0.05) is 17.3 Å². The average molecular weight is 290 g/mol. The van der Waals surface area contributed by atoms with Crippen LogP contribution in [0.5, 0.6) is 0 Å². The third kappa shape index (κ3) is 4.41. The first-order valence-electron chi connectivity index (χ1n) is 6.88. The van der Waals surface area contributed by atoms with Crippen molar-refractivity contribution in [1.82, 2.24) is 5.32 Å². The van der Waals surface area contributed by atoms with Gasteiger partial charge in [-0.15, -0.1) is 0 Å². The number of Topliss-reactive ketones (excluding diaryl/α,β-unsaturated/α-hetero) is 1. The molecule has 0 aliphatic rings. The maximum absolute atomic E-state index is 12.2. The number of carbonyl (C=O) groups excluding carboxylic acids is 3. The molecule has 0 fully saturated rings. The number of carbonyl (C=O) groups is 3. The Kier molecular flexibility index (Phi) is 5.24. The molecule has 0 saturated carbocycles. The van der Waals surface area contributed by atoms with E-state index in [0.29, 0.717) is 11.3 Å². The van der Waals surface area contributed by atoms with E-state index in [4.69, 9.17) is 0 Å². The minimum atomic E-state index is -1.18. The second kappa shape index (κ2) is 6.52. The first-order chi connectivity index (χ1) is 9.64. The van der Waals surface area contributed by atoms with Gasteiger partial charge < -0.3 is 10.6 Å². The predicted octanol–water partition coefficient (Wildman–Crippen LogP) is 2.38. The molecule has 0 aliphatic carbocycles. The molecular formula is C16H22N2O3. The highest BCUT2D eigenvalue weighted by molar-refractivity contribution is 6.10. The van der Waals surface area contributed by atoms with E-state index in [-0.39, 0.29) is 17.7 Å². The smallest absolute Gasteiger partial charge is 0.239 e. The highest BCUT2D eigenvalue weighted by atomic mass is 16.2. The molecule has 5 nitrogen and oxygen atoms in total. The molecule has 0 spiro atoms. The van der Waals surface area contributed by atoms with Crippen molar-refractivity contribution in [2.45, 2.75) is 40.7 Å². The van der Waals surface area contributed by atoms with Gasteiger partial charge in [0.05, 0.1) is 0 Å². The molecule has 5 heteroatoms. The molecule has 1 aromatic carbocycles. The van der Waals surface area contributed by atoms with Crippen LogP contribution < -0.4 is 10.6 Å². The summed E-state index contributed by atoms with van der Waals surface area (Å²) in [7, 11) is 0. The Morgan fingerprint density at radius 2 is 1.52 bits per heavy atom. The lowest BCUT2D eigenvalue weighted by atomic mass is 9.90. The van der Waals surface area contributed by atoms with E-state index in [1.165, 1.54) is 6.92 Å². The summed E-state index contributed by atoms with van der Waals surface area (Å²) in [5, 5.41) is 5.42. The van der Waals surface area contributed by atoms with E-state index in [1.807, 2.05) is 13.8 Å². The van der Waals surface area contributed by atoms with Crippen LogP contribution in [0.3, 0.4) is 0 Å². The molecule has 1 rings (SSSR count). The molecule has 0 aromatic heterocycles. The lowest BCUT2D eigenvalue weighted by molar-refractivity contribution is -0.138. The Morgan fingerprint density at radius 1 is 1.00 bits per heavy atom. The molecule has 0 heterocycles. The molecule has 0 bridgehead atoms. The van der Waals surface area contributed by atoms with Gasteiger partial charge in [-0.1, -0.05) is 0 Å². The van der Waals surface area contributed by atoms with Crippen LogP contribution in [0.4, 0.5) is 5.69 Å². The highest BCUT2D eigenvalue weighted by Gasteiger charge is 2.36. The van der Waals surface area contributed by atoms with Crippen molar-refractivity contribution in [3.8, 4) is 0 Å². The number of hydrogen-bond acceptors (Lipinski definition) is 3. The van der Waals surface area contributed by atoms with E-state index in [9.17, 15) is 14.4 Å². The third-order valence-electron chi connectivity index (χ3n) is 3.10. The summed E-state index contributed by atoms with van der Waals surface area (Å²) in [6.07, 6.45) is 0. The molecule has 0 atom stereocenters. The van der Waals surface area contributed by atoms with Crippen molar-refractivity contribution in [3.05, 3.63) is 29.8 Å². The normalized spacial score (nSPS) is 11.1. The van der Waals surface area contributed by atoms with Crippen LogP contribution in [0.15, 0.2) is 24.3 Å². The first-order valence-corrected chi connectivity index (χ1v) is 6.88. The number of hydrogen-bond donors (Lipinski definition) is 2. The first kappa shape index (κ1) is 16.9. The second-order valence-corrected chi connectivity index (χ2v) is 5.84. The number of benzene rings is 1.